The van der Waals surface area contributed by atoms with Crippen molar-refractivity contribution in [1.29, 1.82) is 0 Å². The molecule has 28 heavy (non-hydrogen) atoms. The highest BCUT2D eigenvalue weighted by molar-refractivity contribution is 7.89. The minimum atomic E-state index is -3.86. The minimum absolute atomic E-state index is 0.0483. The van der Waals surface area contributed by atoms with Crippen molar-refractivity contribution in [1.82, 2.24) is 9.62 Å². The molecule has 0 aromatic heterocycles. The van der Waals surface area contributed by atoms with Gasteiger partial charge in [-0.15, -0.1) is 0 Å². The summed E-state index contributed by atoms with van der Waals surface area (Å²) in [6.07, 6.45) is 0. The quantitative estimate of drug-likeness (QED) is 0.682. The Morgan fingerprint density at radius 1 is 1.18 bits per heavy atom. The molecule has 2 aromatic rings. The molecule has 0 saturated heterocycles. The van der Waals surface area contributed by atoms with Gasteiger partial charge in [-0.2, -0.15) is 0 Å². The fraction of sp³-hybridized carbons (Fsp3) is 0.222. The number of hydrogen-bond donors (Lipinski definition) is 1. The molecule has 0 unspecified atom stereocenters. The number of rotatable bonds is 7. The average Bonchev–Trinajstić information content (AvgIpc) is 2.65. The number of benzene rings is 2. The first-order valence-electron chi connectivity index (χ1n) is 8.02. The fourth-order valence-electron chi connectivity index (χ4n) is 2.13. The van der Waals surface area contributed by atoms with Crippen molar-refractivity contribution in [3.63, 3.8) is 0 Å². The van der Waals surface area contributed by atoms with Crippen molar-refractivity contribution >= 4 is 33.5 Å². The number of sulfonamides is 1. The highest BCUT2D eigenvalue weighted by Gasteiger charge is 2.23. The Bertz CT molecular complexity index is 995. The maximum absolute atomic E-state index is 13.5. The van der Waals surface area contributed by atoms with Crippen LogP contribution < -0.4 is 5.32 Å². The Morgan fingerprint density at radius 2 is 1.86 bits per heavy atom. The van der Waals surface area contributed by atoms with Crippen LogP contribution in [-0.4, -0.2) is 45.3 Å². The van der Waals surface area contributed by atoms with E-state index < -0.39 is 34.3 Å². The molecule has 0 bridgehead atoms. The number of nitrogens with zero attached hydrogens (tertiary/aromatic N) is 1. The summed E-state index contributed by atoms with van der Waals surface area (Å²) in [5.74, 6) is -1.99. The zero-order valence-corrected chi connectivity index (χ0v) is 16.7. The van der Waals surface area contributed by atoms with Crippen molar-refractivity contribution in [2.75, 3.05) is 20.7 Å². The topological polar surface area (TPSA) is 92.8 Å². The summed E-state index contributed by atoms with van der Waals surface area (Å²) in [5, 5.41) is 2.38. The minimum Gasteiger partial charge on any atom is -0.452 e. The van der Waals surface area contributed by atoms with E-state index in [9.17, 15) is 22.4 Å². The van der Waals surface area contributed by atoms with Gasteiger partial charge in [0, 0.05) is 26.2 Å². The van der Waals surface area contributed by atoms with Crippen molar-refractivity contribution in [3.8, 4) is 0 Å². The van der Waals surface area contributed by atoms with Crippen LogP contribution in [-0.2, 0) is 26.1 Å². The fourth-order valence-corrected chi connectivity index (χ4v) is 3.52. The van der Waals surface area contributed by atoms with Gasteiger partial charge in [-0.25, -0.2) is 21.9 Å². The Labute approximate surface area is 167 Å². The molecule has 0 aliphatic rings. The van der Waals surface area contributed by atoms with E-state index in [0.29, 0.717) is 5.56 Å². The van der Waals surface area contributed by atoms with E-state index in [1.54, 1.807) is 6.07 Å². The van der Waals surface area contributed by atoms with Gasteiger partial charge >= 0.3 is 5.97 Å². The molecule has 7 nitrogen and oxygen atoms in total. The van der Waals surface area contributed by atoms with E-state index in [-0.39, 0.29) is 22.0 Å². The summed E-state index contributed by atoms with van der Waals surface area (Å²) in [5.41, 5.74) is 0.213. The first kappa shape index (κ1) is 21.8. The second-order valence-electron chi connectivity index (χ2n) is 5.88. The first-order valence-corrected chi connectivity index (χ1v) is 9.84. The molecule has 0 spiro atoms. The lowest BCUT2D eigenvalue weighted by Gasteiger charge is -2.13. The van der Waals surface area contributed by atoms with Crippen molar-refractivity contribution < 1.29 is 27.1 Å². The van der Waals surface area contributed by atoms with E-state index >= 15 is 0 Å². The summed E-state index contributed by atoms with van der Waals surface area (Å²) >= 11 is 5.92. The lowest BCUT2D eigenvalue weighted by Crippen LogP contribution is -2.28. The normalized spacial score (nSPS) is 11.3. The van der Waals surface area contributed by atoms with Crippen LogP contribution in [0.1, 0.15) is 15.9 Å². The third-order valence-corrected chi connectivity index (χ3v) is 5.99. The molecule has 2 rings (SSSR count). The van der Waals surface area contributed by atoms with Gasteiger partial charge in [0.15, 0.2) is 6.61 Å². The molecular formula is C18H18ClFN2O5S. The van der Waals surface area contributed by atoms with E-state index in [1.165, 1.54) is 44.4 Å². The highest BCUT2D eigenvalue weighted by atomic mass is 35.5. The Balaban J connectivity index is 2.00. The molecular weight excluding hydrogens is 411 g/mol. The SMILES string of the molecule is CN(C)S(=O)(=O)c1cc(C(=O)OCC(=O)NCc2ccccc2F)ccc1Cl. The van der Waals surface area contributed by atoms with Gasteiger partial charge in [-0.1, -0.05) is 29.8 Å². The van der Waals surface area contributed by atoms with Gasteiger partial charge in [0.25, 0.3) is 5.91 Å². The maximum atomic E-state index is 13.5. The van der Waals surface area contributed by atoms with Crippen LogP contribution >= 0.6 is 11.6 Å². The molecule has 10 heteroatoms. The molecule has 0 heterocycles. The number of esters is 1. The van der Waals surface area contributed by atoms with Crippen LogP contribution in [0.3, 0.4) is 0 Å². The number of hydrogen-bond acceptors (Lipinski definition) is 5. The Kier molecular flexibility index (Phi) is 7.11. The number of carbonyl (C=O) groups is 2. The summed E-state index contributed by atoms with van der Waals surface area (Å²) in [6.45, 7) is -0.666. The highest BCUT2D eigenvalue weighted by Crippen LogP contribution is 2.25. The lowest BCUT2D eigenvalue weighted by molar-refractivity contribution is -0.124. The molecule has 0 aliphatic carbocycles. The monoisotopic (exact) mass is 428 g/mol. The summed E-state index contributed by atoms with van der Waals surface area (Å²) in [6, 6.07) is 9.56. The molecule has 0 fully saturated rings. The second kappa shape index (κ2) is 9.13. The van der Waals surface area contributed by atoms with Gasteiger partial charge in [0.1, 0.15) is 10.7 Å². The number of ether oxygens (including phenoxy) is 1. The van der Waals surface area contributed by atoms with E-state index in [1.807, 2.05) is 0 Å². The molecule has 0 saturated carbocycles. The van der Waals surface area contributed by atoms with Crippen molar-refractivity contribution in [3.05, 3.63) is 64.4 Å². The standard InChI is InChI=1S/C18H18ClFN2O5S/c1-22(2)28(25,26)16-9-12(7-8-14(16)19)18(24)27-11-17(23)21-10-13-5-3-4-6-15(13)20/h3-9H,10-11H2,1-2H3,(H,21,23). The zero-order chi connectivity index (χ0) is 20.9. The van der Waals surface area contributed by atoms with Crippen LogP contribution in [0.15, 0.2) is 47.4 Å². The third-order valence-electron chi connectivity index (χ3n) is 3.69. The largest absolute Gasteiger partial charge is 0.452 e. The predicted octanol–water partition coefficient (Wildman–Crippen LogP) is 2.20. The van der Waals surface area contributed by atoms with Crippen LogP contribution in [0.2, 0.25) is 5.02 Å². The Hall–Kier alpha value is -2.49. The lowest BCUT2D eigenvalue weighted by atomic mass is 10.2. The first-order chi connectivity index (χ1) is 13.1. The van der Waals surface area contributed by atoms with Gasteiger partial charge in [0.05, 0.1) is 10.6 Å². The van der Waals surface area contributed by atoms with Crippen LogP contribution in [0, 0.1) is 5.82 Å². The van der Waals surface area contributed by atoms with Crippen LogP contribution in [0.4, 0.5) is 4.39 Å². The van der Waals surface area contributed by atoms with E-state index in [4.69, 9.17) is 16.3 Å². The van der Waals surface area contributed by atoms with E-state index in [0.717, 1.165) is 10.4 Å². The molecule has 0 aliphatic heterocycles. The predicted molar refractivity (Wildman–Crippen MR) is 101 cm³/mol. The van der Waals surface area contributed by atoms with Crippen LogP contribution in [0.5, 0.6) is 0 Å². The van der Waals surface area contributed by atoms with Crippen LogP contribution in [0.25, 0.3) is 0 Å². The molecule has 0 atom stereocenters. The number of amides is 1. The summed E-state index contributed by atoms with van der Waals surface area (Å²) < 4.78 is 43.8. The molecule has 0 radical (unpaired) electrons. The van der Waals surface area contributed by atoms with Gasteiger partial charge in [-0.3, -0.25) is 4.79 Å². The van der Waals surface area contributed by atoms with Gasteiger partial charge in [0.2, 0.25) is 10.0 Å². The zero-order valence-electron chi connectivity index (χ0n) is 15.1. The second-order valence-corrected chi connectivity index (χ2v) is 8.40. The number of halogens is 2. The average molecular weight is 429 g/mol. The maximum Gasteiger partial charge on any atom is 0.338 e. The van der Waals surface area contributed by atoms with Crippen molar-refractivity contribution in [2.24, 2.45) is 0 Å². The smallest absolute Gasteiger partial charge is 0.338 e. The molecule has 1 amide bonds. The summed E-state index contributed by atoms with van der Waals surface area (Å²) in [7, 11) is -1.20. The molecule has 1 N–H and O–H groups in total. The number of nitrogens with one attached hydrogen (secondary N) is 1. The summed E-state index contributed by atoms with van der Waals surface area (Å²) in [4.78, 5) is 23.7. The molecule has 2 aromatic carbocycles. The third kappa shape index (κ3) is 5.28. The van der Waals surface area contributed by atoms with Gasteiger partial charge in [-0.05, 0) is 24.3 Å². The molecule has 150 valence electrons. The van der Waals surface area contributed by atoms with Gasteiger partial charge < -0.3 is 10.1 Å². The van der Waals surface area contributed by atoms with E-state index in [2.05, 4.69) is 5.32 Å². The number of carbonyl (C=O) groups excluding carboxylic acids is 2. The van der Waals surface area contributed by atoms with Crippen molar-refractivity contribution in [2.45, 2.75) is 11.4 Å². The Morgan fingerprint density at radius 3 is 2.50 bits per heavy atom.